The molecule has 1 aromatic rings. The number of likely N-dealkylation sites (N-methyl/N-ethyl adjacent to an activating group) is 1. The van der Waals surface area contributed by atoms with E-state index in [1.54, 1.807) is 37.2 Å². The topological polar surface area (TPSA) is 69.7 Å². The maximum Gasteiger partial charge on any atom is 0.249 e. The summed E-state index contributed by atoms with van der Waals surface area (Å²) in [6, 6.07) is 4.69. The van der Waals surface area contributed by atoms with Crippen molar-refractivity contribution in [2.24, 2.45) is 0 Å². The number of anilines is 2. The van der Waals surface area contributed by atoms with Gasteiger partial charge in [0, 0.05) is 20.5 Å². The number of hydrogen-bond donors (Lipinski definition) is 1. The molecule has 0 saturated carbocycles. The first-order valence-corrected chi connectivity index (χ1v) is 6.58. The Bertz CT molecular complexity index is 591. The van der Waals surface area contributed by atoms with Crippen LogP contribution in [-0.2, 0) is 14.4 Å². The highest BCUT2D eigenvalue weighted by Crippen LogP contribution is 2.29. The first kappa shape index (κ1) is 15.1. The Labute approximate surface area is 124 Å². The van der Waals surface area contributed by atoms with Gasteiger partial charge < -0.3 is 9.80 Å². The molecule has 21 heavy (non-hydrogen) atoms. The number of amides is 3. The molecule has 1 atom stereocenters. The van der Waals surface area contributed by atoms with E-state index in [1.807, 2.05) is 0 Å². The molecule has 6 nitrogen and oxygen atoms in total. The SMILES string of the molecule is [B]c1ccc(N(C)C2CCC(=O)NC2=O)c(N(C)C=O)c1. The number of hydrogen-bond acceptors (Lipinski definition) is 4. The Balaban J connectivity index is 2.34. The zero-order valence-corrected chi connectivity index (χ0v) is 12.0. The molecule has 1 heterocycles. The fraction of sp³-hybridized carbons (Fsp3) is 0.357. The Hall–Kier alpha value is -2.31. The van der Waals surface area contributed by atoms with E-state index in [9.17, 15) is 14.4 Å². The van der Waals surface area contributed by atoms with Gasteiger partial charge in [-0.1, -0.05) is 11.5 Å². The quantitative estimate of drug-likeness (QED) is 0.452. The van der Waals surface area contributed by atoms with Crippen LogP contribution in [0.25, 0.3) is 0 Å². The lowest BCUT2D eigenvalue weighted by Crippen LogP contribution is -2.51. The molecule has 0 aliphatic carbocycles. The van der Waals surface area contributed by atoms with Gasteiger partial charge in [-0.15, -0.1) is 0 Å². The van der Waals surface area contributed by atoms with Crippen molar-refractivity contribution in [2.45, 2.75) is 18.9 Å². The summed E-state index contributed by atoms with van der Waals surface area (Å²) in [7, 11) is 9.13. The van der Waals surface area contributed by atoms with Crippen LogP contribution in [0, 0.1) is 0 Å². The first-order valence-electron chi connectivity index (χ1n) is 6.58. The van der Waals surface area contributed by atoms with Gasteiger partial charge in [0.05, 0.1) is 11.4 Å². The lowest BCUT2D eigenvalue weighted by atomic mass is 9.94. The summed E-state index contributed by atoms with van der Waals surface area (Å²) in [5.41, 5.74) is 1.84. The van der Waals surface area contributed by atoms with Crippen LogP contribution in [0.1, 0.15) is 12.8 Å². The van der Waals surface area contributed by atoms with Crippen molar-refractivity contribution in [3.63, 3.8) is 0 Å². The summed E-state index contributed by atoms with van der Waals surface area (Å²) >= 11 is 0. The van der Waals surface area contributed by atoms with Gasteiger partial charge in [-0.3, -0.25) is 19.7 Å². The van der Waals surface area contributed by atoms with Crippen LogP contribution < -0.4 is 20.6 Å². The Morgan fingerprint density at radius 2 is 2.00 bits per heavy atom. The summed E-state index contributed by atoms with van der Waals surface area (Å²) < 4.78 is 0. The third-order valence-electron chi connectivity index (χ3n) is 3.60. The van der Waals surface area contributed by atoms with E-state index < -0.39 is 6.04 Å². The largest absolute Gasteiger partial charge is 0.361 e. The average molecular weight is 285 g/mol. The number of benzene rings is 1. The molecule has 1 saturated heterocycles. The molecule has 1 aliphatic rings. The van der Waals surface area contributed by atoms with E-state index in [1.165, 1.54) is 4.90 Å². The van der Waals surface area contributed by atoms with Crippen LogP contribution in [0.5, 0.6) is 0 Å². The second kappa shape index (κ2) is 5.99. The fourth-order valence-corrected chi connectivity index (χ4v) is 2.40. The molecule has 1 aliphatic heterocycles. The van der Waals surface area contributed by atoms with Crippen LogP contribution in [0.4, 0.5) is 11.4 Å². The normalized spacial score (nSPS) is 18.1. The highest BCUT2D eigenvalue weighted by molar-refractivity contribution is 6.32. The second-order valence-corrected chi connectivity index (χ2v) is 5.04. The molecule has 7 heteroatoms. The number of carbonyl (C=O) groups excluding carboxylic acids is 3. The van der Waals surface area contributed by atoms with Gasteiger partial charge in [0.1, 0.15) is 13.9 Å². The summed E-state index contributed by atoms with van der Waals surface area (Å²) in [5.74, 6) is -0.586. The first-order chi connectivity index (χ1) is 9.93. The highest BCUT2D eigenvalue weighted by atomic mass is 16.2. The number of rotatable bonds is 4. The molecule has 3 amide bonds. The van der Waals surface area contributed by atoms with Gasteiger partial charge in [0.15, 0.2) is 0 Å². The molecular weight excluding hydrogens is 269 g/mol. The summed E-state index contributed by atoms with van der Waals surface area (Å²) in [5, 5.41) is 2.33. The van der Waals surface area contributed by atoms with Gasteiger partial charge >= 0.3 is 0 Å². The smallest absolute Gasteiger partial charge is 0.249 e. The van der Waals surface area contributed by atoms with Crippen LogP contribution in [0.3, 0.4) is 0 Å². The Kier molecular flexibility index (Phi) is 4.30. The van der Waals surface area contributed by atoms with Crippen molar-refractivity contribution in [1.82, 2.24) is 5.32 Å². The molecule has 1 N–H and O–H groups in total. The predicted octanol–water partition coefficient (Wildman–Crippen LogP) is -0.686. The summed E-state index contributed by atoms with van der Waals surface area (Å²) in [4.78, 5) is 37.4. The Morgan fingerprint density at radius 3 is 2.62 bits per heavy atom. The molecule has 0 bridgehead atoms. The average Bonchev–Trinajstić information content (AvgIpc) is 2.45. The molecule has 1 aromatic carbocycles. The number of imide groups is 1. The zero-order valence-electron chi connectivity index (χ0n) is 12.0. The minimum Gasteiger partial charge on any atom is -0.361 e. The van der Waals surface area contributed by atoms with Crippen molar-refractivity contribution < 1.29 is 14.4 Å². The zero-order chi connectivity index (χ0) is 15.6. The van der Waals surface area contributed by atoms with Crippen LogP contribution in [0.15, 0.2) is 18.2 Å². The molecule has 2 rings (SSSR count). The van der Waals surface area contributed by atoms with Crippen LogP contribution in [-0.4, -0.2) is 46.2 Å². The van der Waals surface area contributed by atoms with Crippen molar-refractivity contribution in [1.29, 1.82) is 0 Å². The van der Waals surface area contributed by atoms with Crippen LogP contribution in [0.2, 0.25) is 0 Å². The minimum atomic E-state index is -0.454. The molecule has 0 spiro atoms. The minimum absolute atomic E-state index is 0.257. The molecule has 1 unspecified atom stereocenters. The summed E-state index contributed by atoms with van der Waals surface area (Å²) in [6.45, 7) is 0. The predicted molar refractivity (Wildman–Crippen MR) is 80.9 cm³/mol. The molecule has 0 aromatic heterocycles. The standard InChI is InChI=1S/C14H16BN3O3/c1-17(8-19)12-7-9(15)3-4-10(12)18(2)11-5-6-13(20)16-14(11)21/h3-4,7-8,11H,5-6H2,1-2H3,(H,16,20,21). The lowest BCUT2D eigenvalue weighted by Gasteiger charge is -2.33. The van der Waals surface area contributed by atoms with E-state index in [4.69, 9.17) is 7.85 Å². The van der Waals surface area contributed by atoms with Gasteiger partial charge in [-0.05, 0) is 18.6 Å². The van der Waals surface area contributed by atoms with Gasteiger partial charge in [0.25, 0.3) is 0 Å². The fourth-order valence-electron chi connectivity index (χ4n) is 2.40. The van der Waals surface area contributed by atoms with E-state index in [0.717, 1.165) is 0 Å². The van der Waals surface area contributed by atoms with E-state index in [2.05, 4.69) is 5.32 Å². The van der Waals surface area contributed by atoms with Crippen molar-refractivity contribution in [2.75, 3.05) is 23.9 Å². The van der Waals surface area contributed by atoms with Crippen molar-refractivity contribution in [3.8, 4) is 0 Å². The number of carbonyl (C=O) groups is 3. The molecular formula is C14H16BN3O3. The molecule has 108 valence electrons. The number of nitrogens with one attached hydrogen (secondary N) is 1. The van der Waals surface area contributed by atoms with Gasteiger partial charge in [-0.2, -0.15) is 0 Å². The van der Waals surface area contributed by atoms with E-state index >= 15 is 0 Å². The third kappa shape index (κ3) is 3.07. The van der Waals surface area contributed by atoms with Crippen LogP contribution >= 0.6 is 0 Å². The van der Waals surface area contributed by atoms with Gasteiger partial charge in [0.2, 0.25) is 18.2 Å². The second-order valence-electron chi connectivity index (χ2n) is 5.04. The Morgan fingerprint density at radius 1 is 1.29 bits per heavy atom. The van der Waals surface area contributed by atoms with Crippen molar-refractivity contribution >= 4 is 42.9 Å². The molecule has 2 radical (unpaired) electrons. The van der Waals surface area contributed by atoms with Crippen molar-refractivity contribution in [3.05, 3.63) is 18.2 Å². The van der Waals surface area contributed by atoms with E-state index in [0.29, 0.717) is 36.1 Å². The van der Waals surface area contributed by atoms with E-state index in [-0.39, 0.29) is 11.8 Å². The lowest BCUT2D eigenvalue weighted by molar-refractivity contribution is -0.134. The monoisotopic (exact) mass is 285 g/mol. The van der Waals surface area contributed by atoms with Gasteiger partial charge in [-0.25, -0.2) is 0 Å². The summed E-state index contributed by atoms with van der Waals surface area (Å²) in [6.07, 6.45) is 1.42. The number of nitrogens with zero attached hydrogens (tertiary/aromatic N) is 2. The third-order valence-corrected chi connectivity index (χ3v) is 3.60. The number of piperidine rings is 1. The highest BCUT2D eigenvalue weighted by Gasteiger charge is 2.31. The maximum atomic E-state index is 12.0. The molecule has 1 fully saturated rings. The maximum absolute atomic E-state index is 12.0.